The fraction of sp³-hybridized carbons (Fsp3) is 0.143. The highest BCUT2D eigenvalue weighted by molar-refractivity contribution is 7.09. The number of nitrogens with zero attached hydrogens (tertiary/aromatic N) is 5. The number of carbonyl (C=O) groups is 1. The highest BCUT2D eigenvalue weighted by Crippen LogP contribution is 2.23. The van der Waals surface area contributed by atoms with E-state index in [1.54, 1.807) is 6.20 Å². The number of amides is 1. The summed E-state index contributed by atoms with van der Waals surface area (Å²) in [4.78, 5) is 29.9. The maximum atomic E-state index is 12.3. The molecule has 9 nitrogen and oxygen atoms in total. The molecule has 24 heavy (non-hydrogen) atoms. The second-order valence-electron chi connectivity index (χ2n) is 4.78. The quantitative estimate of drug-likeness (QED) is 0.536. The molecule has 0 bridgehead atoms. The molecule has 3 aromatic rings. The van der Waals surface area contributed by atoms with Crippen LogP contribution in [0.25, 0.3) is 0 Å². The minimum atomic E-state index is -0.712. The summed E-state index contributed by atoms with van der Waals surface area (Å²) in [6, 6.07) is 9.04. The van der Waals surface area contributed by atoms with E-state index < -0.39 is 16.9 Å². The zero-order chi connectivity index (χ0) is 16.9. The van der Waals surface area contributed by atoms with Gasteiger partial charge in [-0.25, -0.2) is 4.98 Å². The average molecular weight is 344 g/mol. The van der Waals surface area contributed by atoms with Crippen LogP contribution in [-0.2, 0) is 11.3 Å². The van der Waals surface area contributed by atoms with E-state index in [-0.39, 0.29) is 12.5 Å². The van der Waals surface area contributed by atoms with Crippen molar-refractivity contribution in [2.24, 2.45) is 0 Å². The highest BCUT2D eigenvalue weighted by atomic mass is 32.1. The Morgan fingerprint density at radius 2 is 2.12 bits per heavy atom. The number of aromatic nitrogens is 4. The second kappa shape index (κ2) is 6.96. The van der Waals surface area contributed by atoms with Gasteiger partial charge >= 0.3 is 5.95 Å². The number of rotatable bonds is 6. The summed E-state index contributed by atoms with van der Waals surface area (Å²) in [6.07, 6.45) is 2.82. The molecule has 0 aliphatic heterocycles. The van der Waals surface area contributed by atoms with E-state index in [2.05, 4.69) is 20.4 Å². The molecule has 2 aromatic heterocycles. The van der Waals surface area contributed by atoms with Crippen LogP contribution in [0, 0.1) is 10.1 Å². The SMILES string of the molecule is O=C(Cn1cnc([N+](=O)[O-])n1)N[C@@H](c1ccccc1)c1nccs1. The van der Waals surface area contributed by atoms with Gasteiger partial charge in [-0.1, -0.05) is 35.3 Å². The number of thiazole rings is 1. The molecule has 0 saturated heterocycles. The summed E-state index contributed by atoms with van der Waals surface area (Å²) in [6.45, 7) is -0.171. The van der Waals surface area contributed by atoms with Gasteiger partial charge < -0.3 is 15.4 Å². The summed E-state index contributed by atoms with van der Waals surface area (Å²) >= 11 is 1.43. The molecular weight excluding hydrogens is 332 g/mol. The van der Waals surface area contributed by atoms with Gasteiger partial charge in [0, 0.05) is 16.7 Å². The van der Waals surface area contributed by atoms with Crippen LogP contribution >= 0.6 is 11.3 Å². The standard InChI is InChI=1S/C14H12N6O3S/c21-11(8-19-9-16-14(18-19)20(22)23)17-12(13-15-6-7-24-13)10-4-2-1-3-5-10/h1-7,9,12H,8H2,(H,17,21)/t12-/m0/s1. The molecule has 0 radical (unpaired) electrons. The van der Waals surface area contributed by atoms with Gasteiger partial charge in [0.05, 0.1) is 0 Å². The Bertz CT molecular complexity index is 833. The molecule has 0 aliphatic rings. The molecule has 0 saturated carbocycles. The molecule has 2 heterocycles. The van der Waals surface area contributed by atoms with E-state index in [0.29, 0.717) is 0 Å². The predicted octanol–water partition coefficient (Wildman–Crippen LogP) is 1.55. The monoisotopic (exact) mass is 344 g/mol. The van der Waals surface area contributed by atoms with E-state index in [4.69, 9.17) is 0 Å². The van der Waals surface area contributed by atoms with Crippen LogP contribution in [0.1, 0.15) is 16.6 Å². The van der Waals surface area contributed by atoms with E-state index in [0.717, 1.165) is 21.6 Å². The van der Waals surface area contributed by atoms with Crippen LogP contribution in [0.5, 0.6) is 0 Å². The van der Waals surface area contributed by atoms with Crippen molar-refractivity contribution in [2.75, 3.05) is 0 Å². The fourth-order valence-corrected chi connectivity index (χ4v) is 2.82. The first-order valence-electron chi connectivity index (χ1n) is 6.91. The zero-order valence-electron chi connectivity index (χ0n) is 12.3. The lowest BCUT2D eigenvalue weighted by Gasteiger charge is -2.16. The van der Waals surface area contributed by atoms with Crippen LogP contribution in [0.4, 0.5) is 5.95 Å². The Balaban J connectivity index is 1.75. The largest absolute Gasteiger partial charge is 0.490 e. The number of carbonyl (C=O) groups excluding carboxylic acids is 1. The molecule has 0 aliphatic carbocycles. The van der Waals surface area contributed by atoms with Crippen LogP contribution in [0.15, 0.2) is 48.2 Å². The summed E-state index contributed by atoms with van der Waals surface area (Å²) in [7, 11) is 0. The van der Waals surface area contributed by atoms with Crippen molar-refractivity contribution in [1.29, 1.82) is 0 Å². The lowest BCUT2D eigenvalue weighted by molar-refractivity contribution is -0.394. The summed E-state index contributed by atoms with van der Waals surface area (Å²) in [5, 5.41) is 19.7. The van der Waals surface area contributed by atoms with Crippen LogP contribution in [-0.4, -0.2) is 30.6 Å². The third-order valence-corrected chi connectivity index (χ3v) is 3.97. The van der Waals surface area contributed by atoms with Gasteiger partial charge in [-0.2, -0.15) is 4.68 Å². The van der Waals surface area contributed by atoms with Gasteiger partial charge in [0.1, 0.15) is 17.6 Å². The van der Waals surface area contributed by atoms with Crippen molar-refractivity contribution in [2.45, 2.75) is 12.6 Å². The van der Waals surface area contributed by atoms with Gasteiger partial charge in [-0.05, 0) is 10.5 Å². The first-order valence-corrected chi connectivity index (χ1v) is 7.79. The molecule has 1 atom stereocenters. The lowest BCUT2D eigenvalue weighted by Crippen LogP contribution is -2.32. The van der Waals surface area contributed by atoms with Crippen LogP contribution in [0.2, 0.25) is 0 Å². The topological polar surface area (TPSA) is 116 Å². The molecule has 10 heteroatoms. The smallest absolute Gasteiger partial charge is 0.390 e. The van der Waals surface area contributed by atoms with Crippen molar-refractivity contribution in [1.82, 2.24) is 25.1 Å². The fourth-order valence-electron chi connectivity index (χ4n) is 2.11. The normalized spacial score (nSPS) is 11.8. The number of nitrogens with one attached hydrogen (secondary N) is 1. The molecular formula is C14H12N6O3S. The first-order chi connectivity index (χ1) is 11.6. The van der Waals surface area contributed by atoms with Gasteiger partial charge in [-0.15, -0.1) is 11.3 Å². The Morgan fingerprint density at radius 3 is 2.75 bits per heavy atom. The summed E-state index contributed by atoms with van der Waals surface area (Å²) in [5.74, 6) is -0.888. The molecule has 0 fully saturated rings. The van der Waals surface area contributed by atoms with Gasteiger partial charge in [0.15, 0.2) is 0 Å². The van der Waals surface area contributed by atoms with Crippen LogP contribution in [0.3, 0.4) is 0 Å². The van der Waals surface area contributed by atoms with Crippen molar-refractivity contribution in [3.05, 3.63) is 68.9 Å². The van der Waals surface area contributed by atoms with Gasteiger partial charge in [-0.3, -0.25) is 4.79 Å². The number of benzene rings is 1. The third kappa shape index (κ3) is 3.60. The number of hydrogen-bond acceptors (Lipinski definition) is 7. The minimum Gasteiger partial charge on any atom is -0.390 e. The zero-order valence-corrected chi connectivity index (χ0v) is 13.1. The predicted molar refractivity (Wildman–Crippen MR) is 85.2 cm³/mol. The molecule has 122 valence electrons. The van der Waals surface area contributed by atoms with Crippen molar-refractivity contribution < 1.29 is 9.72 Å². The Labute approximate surface area is 140 Å². The molecule has 0 spiro atoms. The second-order valence-corrected chi connectivity index (χ2v) is 5.71. The number of nitro groups is 1. The summed E-state index contributed by atoms with van der Waals surface area (Å²) in [5.41, 5.74) is 0.894. The Kier molecular flexibility index (Phi) is 4.57. The van der Waals surface area contributed by atoms with Gasteiger partial charge in [0.25, 0.3) is 0 Å². The maximum absolute atomic E-state index is 12.3. The van der Waals surface area contributed by atoms with E-state index >= 15 is 0 Å². The molecule has 1 N–H and O–H groups in total. The molecule has 1 amide bonds. The average Bonchev–Trinajstić information content (AvgIpc) is 3.25. The van der Waals surface area contributed by atoms with E-state index in [1.807, 2.05) is 35.7 Å². The molecule has 1 aromatic carbocycles. The van der Waals surface area contributed by atoms with E-state index in [1.165, 1.54) is 11.3 Å². The Hall–Kier alpha value is -3.14. The van der Waals surface area contributed by atoms with Crippen LogP contribution < -0.4 is 5.32 Å². The minimum absolute atomic E-state index is 0.171. The third-order valence-electron chi connectivity index (χ3n) is 3.13. The Morgan fingerprint density at radius 1 is 1.33 bits per heavy atom. The number of hydrogen-bond donors (Lipinski definition) is 1. The molecule has 3 rings (SSSR count). The molecule has 0 unspecified atom stereocenters. The lowest BCUT2D eigenvalue weighted by atomic mass is 10.1. The highest BCUT2D eigenvalue weighted by Gasteiger charge is 2.21. The first kappa shape index (κ1) is 15.7. The maximum Gasteiger partial charge on any atom is 0.490 e. The van der Waals surface area contributed by atoms with E-state index in [9.17, 15) is 14.9 Å². The summed E-state index contributed by atoms with van der Waals surface area (Å²) < 4.78 is 1.12. The van der Waals surface area contributed by atoms with Gasteiger partial charge in [0.2, 0.25) is 12.2 Å². The van der Waals surface area contributed by atoms with Crippen molar-refractivity contribution >= 4 is 23.2 Å². The van der Waals surface area contributed by atoms with Crippen molar-refractivity contribution in [3.8, 4) is 0 Å². The van der Waals surface area contributed by atoms with Crippen molar-refractivity contribution in [3.63, 3.8) is 0 Å².